The Morgan fingerprint density at radius 2 is 1.39 bits per heavy atom. The van der Waals surface area contributed by atoms with Crippen molar-refractivity contribution in [1.82, 2.24) is 0 Å². The number of nitro groups is 1. The van der Waals surface area contributed by atoms with E-state index < -0.39 is 29.2 Å². The lowest BCUT2D eigenvalue weighted by molar-refractivity contribution is -0.578. The molecule has 0 aromatic heterocycles. The number of anilines is 1. The monoisotopic (exact) mass is 474 g/mol. The van der Waals surface area contributed by atoms with E-state index in [4.69, 9.17) is 0 Å². The van der Waals surface area contributed by atoms with Crippen LogP contribution in [0.2, 0.25) is 0 Å². The highest BCUT2D eigenvalue weighted by Crippen LogP contribution is 2.64. The van der Waals surface area contributed by atoms with Crippen LogP contribution in [0.1, 0.15) is 28.2 Å². The van der Waals surface area contributed by atoms with Gasteiger partial charge in [0.05, 0.1) is 11.6 Å². The summed E-state index contributed by atoms with van der Waals surface area (Å²) in [5.74, 6) is -3.23. The van der Waals surface area contributed by atoms with E-state index in [-0.39, 0.29) is 10.8 Å². The van der Waals surface area contributed by atoms with Crippen molar-refractivity contribution in [1.29, 1.82) is 0 Å². The number of hydrogen-bond donors (Lipinski definition) is 0. The van der Waals surface area contributed by atoms with Crippen LogP contribution in [0.25, 0.3) is 0 Å². The number of imide groups is 1. The van der Waals surface area contributed by atoms with E-state index in [1.807, 2.05) is 24.3 Å². The predicted octanol–water partition coefficient (Wildman–Crippen LogP) is 4.23. The Balaban J connectivity index is 1.69. The van der Waals surface area contributed by atoms with Crippen molar-refractivity contribution in [3.63, 3.8) is 0 Å². The summed E-state index contributed by atoms with van der Waals surface area (Å²) in [6.07, 6.45) is 0. The molecule has 4 aliphatic rings. The van der Waals surface area contributed by atoms with Gasteiger partial charge in [-0.25, -0.2) is 4.90 Å². The standard InChI is InChI=1S/C24H15BrN2O4/c25-17-11-5-6-12-18(17)26-22(28)20-19-13-7-1-3-9-15(13)24(27(30)31,21(20)23(26)29)16-10-4-2-8-14(16)19/h1-12,19-21H/t19?,20-,21-,24?/m0/s1. The van der Waals surface area contributed by atoms with Gasteiger partial charge in [0.15, 0.2) is 0 Å². The molecule has 1 fully saturated rings. The van der Waals surface area contributed by atoms with Crippen LogP contribution in [-0.2, 0) is 15.1 Å². The van der Waals surface area contributed by atoms with E-state index >= 15 is 0 Å². The summed E-state index contributed by atoms with van der Waals surface area (Å²) >= 11 is 3.43. The summed E-state index contributed by atoms with van der Waals surface area (Å²) in [6.45, 7) is 0. The molecular formula is C24H15BrN2O4. The van der Waals surface area contributed by atoms with E-state index in [1.54, 1.807) is 48.5 Å². The zero-order valence-corrected chi connectivity index (χ0v) is 17.7. The van der Waals surface area contributed by atoms with Crippen molar-refractivity contribution in [2.45, 2.75) is 11.5 Å². The summed E-state index contributed by atoms with van der Waals surface area (Å²) in [7, 11) is 0. The van der Waals surface area contributed by atoms with Gasteiger partial charge in [-0.15, -0.1) is 0 Å². The van der Waals surface area contributed by atoms with Crippen LogP contribution in [0, 0.1) is 22.0 Å². The van der Waals surface area contributed by atoms with Crippen LogP contribution >= 0.6 is 15.9 Å². The fourth-order valence-corrected chi connectivity index (χ4v) is 6.37. The Kier molecular flexibility index (Phi) is 3.63. The largest absolute Gasteiger partial charge is 0.285 e. The topological polar surface area (TPSA) is 80.5 Å². The van der Waals surface area contributed by atoms with Gasteiger partial charge in [0, 0.05) is 26.4 Å². The van der Waals surface area contributed by atoms with E-state index in [1.165, 1.54) is 0 Å². The van der Waals surface area contributed by atoms with Crippen LogP contribution < -0.4 is 4.90 Å². The first-order chi connectivity index (χ1) is 15.0. The van der Waals surface area contributed by atoms with Gasteiger partial charge < -0.3 is 0 Å². The average Bonchev–Trinajstić information content (AvgIpc) is 3.05. The van der Waals surface area contributed by atoms with E-state index in [9.17, 15) is 19.7 Å². The van der Waals surface area contributed by atoms with Crippen LogP contribution in [0.5, 0.6) is 0 Å². The summed E-state index contributed by atoms with van der Waals surface area (Å²) in [5.41, 5.74) is 1.16. The summed E-state index contributed by atoms with van der Waals surface area (Å²) in [4.78, 5) is 41.2. The first-order valence-corrected chi connectivity index (χ1v) is 10.7. The van der Waals surface area contributed by atoms with Crippen molar-refractivity contribution < 1.29 is 14.5 Å². The molecule has 0 radical (unpaired) electrons. The second-order valence-electron chi connectivity index (χ2n) is 8.14. The summed E-state index contributed by atoms with van der Waals surface area (Å²) in [6, 6.07) is 21.3. The zero-order chi connectivity index (χ0) is 21.5. The van der Waals surface area contributed by atoms with Gasteiger partial charge in [0.1, 0.15) is 5.92 Å². The van der Waals surface area contributed by atoms with Gasteiger partial charge in [-0.1, -0.05) is 60.7 Å². The van der Waals surface area contributed by atoms with Crippen molar-refractivity contribution >= 4 is 33.4 Å². The molecule has 0 unspecified atom stereocenters. The van der Waals surface area contributed by atoms with Gasteiger partial charge in [0.2, 0.25) is 11.8 Å². The van der Waals surface area contributed by atoms with E-state index in [0.717, 1.165) is 16.0 Å². The molecule has 2 atom stereocenters. The Labute approximate surface area is 185 Å². The normalized spacial score (nSPS) is 27.6. The quantitative estimate of drug-likeness (QED) is 0.316. The number of carbonyl (C=O) groups excluding carboxylic acids is 2. The minimum Gasteiger partial charge on any atom is -0.274 e. The predicted molar refractivity (Wildman–Crippen MR) is 116 cm³/mol. The first-order valence-electron chi connectivity index (χ1n) is 9.95. The minimum absolute atomic E-state index is 0.355. The number of carbonyl (C=O) groups is 2. The lowest BCUT2D eigenvalue weighted by atomic mass is 9.51. The molecule has 6 nitrogen and oxygen atoms in total. The third-order valence-electron chi connectivity index (χ3n) is 6.95. The minimum atomic E-state index is -1.80. The molecule has 1 saturated heterocycles. The fraction of sp³-hybridized carbons (Fsp3) is 0.167. The third-order valence-corrected chi connectivity index (χ3v) is 7.63. The van der Waals surface area contributed by atoms with Gasteiger partial charge >= 0.3 is 0 Å². The molecule has 0 spiro atoms. The molecule has 7 rings (SSSR count). The zero-order valence-electron chi connectivity index (χ0n) is 16.1. The molecule has 2 amide bonds. The lowest BCUT2D eigenvalue weighted by Crippen LogP contribution is -2.57. The van der Waals surface area contributed by atoms with Crippen LogP contribution in [-0.4, -0.2) is 16.7 Å². The molecule has 1 heterocycles. The number of rotatable bonds is 2. The smallest absolute Gasteiger partial charge is 0.274 e. The molecule has 1 aliphatic heterocycles. The third kappa shape index (κ3) is 2.02. The van der Waals surface area contributed by atoms with Crippen LogP contribution in [0.15, 0.2) is 77.3 Å². The van der Waals surface area contributed by atoms with Gasteiger partial charge in [-0.3, -0.25) is 19.7 Å². The maximum atomic E-state index is 13.8. The van der Waals surface area contributed by atoms with Crippen molar-refractivity contribution in [3.05, 3.63) is 110 Å². The Morgan fingerprint density at radius 1 is 0.839 bits per heavy atom. The highest BCUT2D eigenvalue weighted by atomic mass is 79.9. The number of benzene rings is 3. The molecule has 7 heteroatoms. The SMILES string of the molecule is O=C1[C@@H]2[C@@H](C(=O)N1c1ccccc1Br)C1c3ccccc3C2([N+](=O)[O-])c2ccccc21. The number of halogens is 1. The summed E-state index contributed by atoms with van der Waals surface area (Å²) in [5, 5.41) is 12.9. The molecule has 2 bridgehead atoms. The molecule has 31 heavy (non-hydrogen) atoms. The summed E-state index contributed by atoms with van der Waals surface area (Å²) < 4.78 is 0.591. The van der Waals surface area contributed by atoms with E-state index in [0.29, 0.717) is 21.3 Å². The van der Waals surface area contributed by atoms with Crippen molar-refractivity contribution in [3.8, 4) is 0 Å². The van der Waals surface area contributed by atoms with Crippen molar-refractivity contribution in [2.75, 3.05) is 4.90 Å². The number of para-hydroxylation sites is 1. The maximum absolute atomic E-state index is 13.8. The van der Waals surface area contributed by atoms with Gasteiger partial charge in [-0.05, 0) is 39.2 Å². The first kappa shape index (κ1) is 18.4. The van der Waals surface area contributed by atoms with Crippen LogP contribution in [0.4, 0.5) is 5.69 Å². The van der Waals surface area contributed by atoms with Crippen molar-refractivity contribution in [2.24, 2.45) is 11.8 Å². The van der Waals surface area contributed by atoms with Gasteiger partial charge in [0.25, 0.3) is 5.54 Å². The second-order valence-corrected chi connectivity index (χ2v) is 9.00. The second kappa shape index (κ2) is 6.11. The maximum Gasteiger partial charge on any atom is 0.285 e. The number of hydrogen-bond acceptors (Lipinski definition) is 4. The molecule has 0 saturated carbocycles. The molecule has 3 aromatic carbocycles. The molecule has 3 aliphatic carbocycles. The number of amides is 2. The van der Waals surface area contributed by atoms with Crippen LogP contribution in [0.3, 0.4) is 0 Å². The molecule has 0 N–H and O–H groups in total. The van der Waals surface area contributed by atoms with E-state index in [2.05, 4.69) is 15.9 Å². The molecule has 152 valence electrons. The van der Waals surface area contributed by atoms with Gasteiger partial charge in [-0.2, -0.15) is 0 Å². The highest BCUT2D eigenvalue weighted by molar-refractivity contribution is 9.10. The Morgan fingerprint density at radius 3 is 1.97 bits per heavy atom. The fourth-order valence-electron chi connectivity index (χ4n) is 5.91. The molecular weight excluding hydrogens is 460 g/mol. The number of nitrogens with zero attached hydrogens (tertiary/aromatic N) is 2. The average molecular weight is 475 g/mol. The molecule has 3 aromatic rings. The lowest BCUT2D eigenvalue weighted by Gasteiger charge is -2.48. The Hall–Kier alpha value is -3.32. The highest BCUT2D eigenvalue weighted by Gasteiger charge is 2.74. The Bertz CT molecular complexity index is 1270.